The third-order valence-electron chi connectivity index (χ3n) is 3.02. The van der Waals surface area contributed by atoms with Gasteiger partial charge >= 0.3 is 5.97 Å². The van der Waals surface area contributed by atoms with E-state index in [2.05, 4.69) is 4.74 Å². The summed E-state index contributed by atoms with van der Waals surface area (Å²) in [4.78, 5) is 24.0. The molecule has 2 rings (SSSR count). The molecule has 5 heteroatoms. The van der Waals surface area contributed by atoms with Gasteiger partial charge in [-0.2, -0.15) is 0 Å². The van der Waals surface area contributed by atoms with Crippen LogP contribution in [0.25, 0.3) is 0 Å². The van der Waals surface area contributed by atoms with E-state index >= 15 is 0 Å². The van der Waals surface area contributed by atoms with Crippen molar-refractivity contribution in [1.29, 1.82) is 0 Å². The van der Waals surface area contributed by atoms with Gasteiger partial charge in [0.05, 0.1) is 19.8 Å². The molecule has 2 aromatic carbocycles. The van der Waals surface area contributed by atoms with E-state index in [-0.39, 0.29) is 28.4 Å². The fraction of sp³-hybridized carbons (Fsp3) is 0.125. The Morgan fingerprint density at radius 2 is 1.57 bits per heavy atom. The fourth-order valence-corrected chi connectivity index (χ4v) is 1.98. The SMILES string of the molecule is COC(=O)c1ccc(C(=O)c2ccccc2)c(O)c1OC. The third kappa shape index (κ3) is 2.72. The van der Waals surface area contributed by atoms with Crippen LogP contribution in [0.2, 0.25) is 0 Å². The van der Waals surface area contributed by atoms with Crippen molar-refractivity contribution in [3.8, 4) is 11.5 Å². The van der Waals surface area contributed by atoms with Crippen LogP contribution in [0.1, 0.15) is 26.3 Å². The molecular weight excluding hydrogens is 272 g/mol. The summed E-state index contributed by atoms with van der Waals surface area (Å²) in [6.45, 7) is 0. The van der Waals surface area contributed by atoms with Gasteiger partial charge in [-0.1, -0.05) is 30.3 Å². The standard InChI is InChI=1S/C16H14O5/c1-20-15-12(16(19)21-2)9-8-11(14(15)18)13(17)10-6-4-3-5-7-10/h3-9,18H,1-2H3. The van der Waals surface area contributed by atoms with Gasteiger partial charge in [-0.05, 0) is 12.1 Å². The quantitative estimate of drug-likeness (QED) is 0.690. The lowest BCUT2D eigenvalue weighted by atomic mass is 10.00. The largest absolute Gasteiger partial charge is 0.504 e. The zero-order valence-corrected chi connectivity index (χ0v) is 11.6. The van der Waals surface area contributed by atoms with E-state index in [0.717, 1.165) is 0 Å². The van der Waals surface area contributed by atoms with Crippen molar-refractivity contribution in [1.82, 2.24) is 0 Å². The predicted octanol–water partition coefficient (Wildman–Crippen LogP) is 2.42. The lowest BCUT2D eigenvalue weighted by Gasteiger charge is -2.12. The number of esters is 1. The van der Waals surface area contributed by atoms with E-state index < -0.39 is 5.97 Å². The average Bonchev–Trinajstić information content (AvgIpc) is 2.54. The van der Waals surface area contributed by atoms with Gasteiger partial charge in [-0.15, -0.1) is 0 Å². The highest BCUT2D eigenvalue weighted by Gasteiger charge is 2.23. The molecule has 0 radical (unpaired) electrons. The number of ketones is 1. The maximum Gasteiger partial charge on any atom is 0.341 e. The smallest absolute Gasteiger partial charge is 0.341 e. The molecule has 0 aliphatic rings. The van der Waals surface area contributed by atoms with Crippen LogP contribution < -0.4 is 4.74 Å². The molecule has 108 valence electrons. The summed E-state index contributed by atoms with van der Waals surface area (Å²) in [7, 11) is 2.53. The zero-order valence-electron chi connectivity index (χ0n) is 11.6. The highest BCUT2D eigenvalue weighted by Crippen LogP contribution is 2.35. The molecule has 1 N–H and O–H groups in total. The summed E-state index contributed by atoms with van der Waals surface area (Å²) in [5, 5.41) is 10.2. The van der Waals surface area contributed by atoms with Gasteiger partial charge in [0.1, 0.15) is 5.56 Å². The minimum Gasteiger partial charge on any atom is -0.504 e. The molecule has 0 atom stereocenters. The molecule has 0 saturated heterocycles. The van der Waals surface area contributed by atoms with Gasteiger partial charge in [0.25, 0.3) is 0 Å². The van der Waals surface area contributed by atoms with Gasteiger partial charge in [-0.3, -0.25) is 4.79 Å². The van der Waals surface area contributed by atoms with Crippen molar-refractivity contribution >= 4 is 11.8 Å². The number of hydrogen-bond donors (Lipinski definition) is 1. The monoisotopic (exact) mass is 286 g/mol. The predicted molar refractivity (Wildman–Crippen MR) is 75.9 cm³/mol. The van der Waals surface area contributed by atoms with Crippen LogP contribution in [-0.2, 0) is 4.74 Å². The molecule has 0 spiro atoms. The minimum atomic E-state index is -0.652. The number of phenolic OH excluding ortho intramolecular Hbond substituents is 1. The van der Waals surface area contributed by atoms with E-state index in [9.17, 15) is 14.7 Å². The van der Waals surface area contributed by atoms with Gasteiger partial charge in [0.2, 0.25) is 0 Å². The number of carbonyl (C=O) groups is 2. The number of methoxy groups -OCH3 is 2. The summed E-state index contributed by atoms with van der Waals surface area (Å²) in [5.74, 6) is -1.47. The Labute approximate surface area is 121 Å². The molecule has 0 unspecified atom stereocenters. The average molecular weight is 286 g/mol. The molecule has 0 aliphatic heterocycles. The van der Waals surface area contributed by atoms with Gasteiger partial charge in [0.15, 0.2) is 17.3 Å². The highest BCUT2D eigenvalue weighted by atomic mass is 16.5. The van der Waals surface area contributed by atoms with Crippen LogP contribution in [0.3, 0.4) is 0 Å². The van der Waals surface area contributed by atoms with Crippen LogP contribution >= 0.6 is 0 Å². The Balaban J connectivity index is 2.52. The summed E-state index contributed by atoms with van der Waals surface area (Å²) < 4.78 is 9.63. The Kier molecular flexibility index (Phi) is 4.23. The summed E-state index contributed by atoms with van der Waals surface area (Å²) in [6.07, 6.45) is 0. The van der Waals surface area contributed by atoms with Crippen LogP contribution in [0, 0.1) is 0 Å². The molecule has 2 aromatic rings. The first kappa shape index (κ1) is 14.6. The lowest BCUT2D eigenvalue weighted by molar-refractivity contribution is 0.0596. The molecule has 0 amide bonds. The number of benzene rings is 2. The van der Waals surface area contributed by atoms with Gasteiger partial charge < -0.3 is 14.6 Å². The van der Waals surface area contributed by atoms with E-state index in [1.807, 2.05) is 0 Å². The van der Waals surface area contributed by atoms with Crippen molar-refractivity contribution in [3.63, 3.8) is 0 Å². The van der Waals surface area contributed by atoms with Crippen LogP contribution in [0.4, 0.5) is 0 Å². The van der Waals surface area contributed by atoms with Crippen molar-refractivity contribution in [2.75, 3.05) is 14.2 Å². The normalized spacial score (nSPS) is 10.0. The first-order valence-electron chi connectivity index (χ1n) is 6.18. The van der Waals surface area contributed by atoms with Crippen molar-refractivity contribution < 1.29 is 24.2 Å². The maximum atomic E-state index is 12.4. The molecule has 0 saturated carbocycles. The number of rotatable bonds is 4. The van der Waals surface area contributed by atoms with E-state index in [1.54, 1.807) is 30.3 Å². The van der Waals surface area contributed by atoms with Gasteiger partial charge in [0, 0.05) is 5.56 Å². The summed E-state index contributed by atoms with van der Waals surface area (Å²) in [5.41, 5.74) is 0.550. The summed E-state index contributed by atoms with van der Waals surface area (Å²) in [6, 6.07) is 11.3. The molecule has 21 heavy (non-hydrogen) atoms. The first-order chi connectivity index (χ1) is 10.1. The third-order valence-corrected chi connectivity index (χ3v) is 3.02. The molecule has 0 fully saturated rings. The first-order valence-corrected chi connectivity index (χ1v) is 6.18. The summed E-state index contributed by atoms with van der Waals surface area (Å²) >= 11 is 0. The maximum absolute atomic E-state index is 12.4. The minimum absolute atomic E-state index is 0.0575. The van der Waals surface area contributed by atoms with Crippen molar-refractivity contribution in [3.05, 3.63) is 59.2 Å². The lowest BCUT2D eigenvalue weighted by Crippen LogP contribution is -2.08. The van der Waals surface area contributed by atoms with E-state index in [1.165, 1.54) is 26.4 Å². The second-order valence-corrected chi connectivity index (χ2v) is 4.23. The van der Waals surface area contributed by atoms with E-state index in [0.29, 0.717) is 5.56 Å². The van der Waals surface area contributed by atoms with E-state index in [4.69, 9.17) is 4.74 Å². The fourth-order valence-electron chi connectivity index (χ4n) is 1.98. The Hall–Kier alpha value is -2.82. The van der Waals surface area contributed by atoms with Crippen LogP contribution in [-0.4, -0.2) is 31.1 Å². The van der Waals surface area contributed by atoms with Crippen molar-refractivity contribution in [2.45, 2.75) is 0 Å². The number of hydrogen-bond acceptors (Lipinski definition) is 5. The topological polar surface area (TPSA) is 72.8 Å². The highest BCUT2D eigenvalue weighted by molar-refractivity contribution is 6.12. The molecule has 5 nitrogen and oxygen atoms in total. The molecular formula is C16H14O5. The zero-order chi connectivity index (χ0) is 15.4. The number of aromatic hydroxyl groups is 1. The van der Waals surface area contributed by atoms with Gasteiger partial charge in [-0.25, -0.2) is 4.79 Å². The molecule has 0 heterocycles. The van der Waals surface area contributed by atoms with Crippen LogP contribution in [0.5, 0.6) is 11.5 Å². The number of carbonyl (C=O) groups excluding carboxylic acids is 2. The Bertz CT molecular complexity index is 677. The Morgan fingerprint density at radius 1 is 0.952 bits per heavy atom. The molecule has 0 bridgehead atoms. The van der Waals surface area contributed by atoms with Crippen molar-refractivity contribution in [2.24, 2.45) is 0 Å². The molecule has 0 aliphatic carbocycles. The second-order valence-electron chi connectivity index (χ2n) is 4.23. The second kappa shape index (κ2) is 6.09. The number of phenols is 1. The Morgan fingerprint density at radius 3 is 2.14 bits per heavy atom. The van der Waals surface area contributed by atoms with Crippen LogP contribution in [0.15, 0.2) is 42.5 Å². The molecule has 0 aromatic heterocycles. The number of ether oxygens (including phenoxy) is 2.